The lowest BCUT2D eigenvalue weighted by atomic mass is 9.81. The number of carbonyl (C=O) groups excluding carboxylic acids is 3. The van der Waals surface area contributed by atoms with E-state index >= 15 is 0 Å². The summed E-state index contributed by atoms with van der Waals surface area (Å²) >= 11 is 0. The molecule has 4 amide bonds. The highest BCUT2D eigenvalue weighted by molar-refractivity contribution is 6.12. The minimum absolute atomic E-state index is 0.219. The van der Waals surface area contributed by atoms with Gasteiger partial charge in [-0.25, -0.2) is 14.2 Å². The summed E-state index contributed by atoms with van der Waals surface area (Å²) in [4.78, 5) is 50.3. The Morgan fingerprint density at radius 3 is 2.58 bits per heavy atom. The predicted molar refractivity (Wildman–Crippen MR) is 132 cm³/mol. The third-order valence-electron chi connectivity index (χ3n) is 6.32. The van der Waals surface area contributed by atoms with E-state index < -0.39 is 41.7 Å². The van der Waals surface area contributed by atoms with E-state index in [-0.39, 0.29) is 6.42 Å². The number of halogens is 1. The second kappa shape index (κ2) is 10.5. The fraction of sp³-hybridized carbons (Fsp3) is 0.269. The number of nitrogen functional groups attached to an aromatic ring is 1. The highest BCUT2D eigenvalue weighted by atomic mass is 19.1. The topological polar surface area (TPSA) is 122 Å². The molecule has 0 saturated carbocycles. The van der Waals surface area contributed by atoms with Gasteiger partial charge in [-0.15, -0.1) is 0 Å². The van der Waals surface area contributed by atoms with E-state index in [0.717, 1.165) is 10.5 Å². The quantitative estimate of drug-likeness (QED) is 0.491. The minimum atomic E-state index is -1.03. The molecular weight excluding hydrogens is 463 g/mol. The molecule has 3 aromatic rings. The summed E-state index contributed by atoms with van der Waals surface area (Å²) in [5, 5.41) is 2.79. The highest BCUT2D eigenvalue weighted by Crippen LogP contribution is 2.33. The smallest absolute Gasteiger partial charge is 0.325 e. The number of nitrogens with zero attached hydrogens (tertiary/aromatic N) is 4. The van der Waals surface area contributed by atoms with E-state index in [0.29, 0.717) is 23.5 Å². The van der Waals surface area contributed by atoms with E-state index in [9.17, 15) is 18.8 Å². The van der Waals surface area contributed by atoms with Gasteiger partial charge in [-0.3, -0.25) is 19.5 Å². The zero-order chi connectivity index (χ0) is 25.8. The number of benzene rings is 1. The summed E-state index contributed by atoms with van der Waals surface area (Å²) in [6.07, 6.45) is 5.32. The average molecular weight is 491 g/mol. The minimum Gasteiger partial charge on any atom is -0.384 e. The molecule has 3 N–H and O–H groups in total. The first-order valence-electron chi connectivity index (χ1n) is 11.6. The Balaban J connectivity index is 1.60. The number of urea groups is 1. The summed E-state index contributed by atoms with van der Waals surface area (Å²) in [6.45, 7) is 1.84. The van der Waals surface area contributed by atoms with Gasteiger partial charge in [0.05, 0.1) is 12.0 Å². The molecule has 1 fully saturated rings. The SMILES string of the molecule is CC[C@@H](NC(=O)N1C(=O)C(Cc2ccnc(N)c2)[C@H]1C(=O)N(C)c1ccncc1)c1cccc(F)c1. The number of rotatable bonds is 7. The lowest BCUT2D eigenvalue weighted by Gasteiger charge is -2.46. The first-order valence-corrected chi connectivity index (χ1v) is 11.6. The molecule has 0 aliphatic carbocycles. The van der Waals surface area contributed by atoms with Crippen LogP contribution in [0, 0.1) is 11.7 Å². The number of amides is 4. The van der Waals surface area contributed by atoms with Crippen LogP contribution in [0.25, 0.3) is 0 Å². The molecule has 1 unspecified atom stereocenters. The number of hydrogen-bond acceptors (Lipinski definition) is 6. The molecule has 10 heteroatoms. The molecule has 186 valence electrons. The van der Waals surface area contributed by atoms with Gasteiger partial charge in [0.2, 0.25) is 5.91 Å². The van der Waals surface area contributed by atoms with E-state index in [1.54, 1.807) is 55.8 Å². The first kappa shape index (κ1) is 24.8. The van der Waals surface area contributed by atoms with Gasteiger partial charge in [0.25, 0.3) is 5.91 Å². The van der Waals surface area contributed by atoms with Crippen molar-refractivity contribution in [2.75, 3.05) is 17.7 Å². The normalized spacial score (nSPS) is 17.8. The van der Waals surface area contributed by atoms with Gasteiger partial charge in [0.1, 0.15) is 17.7 Å². The van der Waals surface area contributed by atoms with Crippen molar-refractivity contribution in [3.63, 3.8) is 0 Å². The third-order valence-corrected chi connectivity index (χ3v) is 6.32. The van der Waals surface area contributed by atoms with Gasteiger partial charge in [-0.2, -0.15) is 0 Å². The number of hydrogen-bond donors (Lipinski definition) is 2. The Bertz CT molecular complexity index is 1270. The molecule has 2 aromatic heterocycles. The molecule has 3 atom stereocenters. The molecular formula is C26H27FN6O3. The number of likely N-dealkylation sites (tertiary alicyclic amines) is 1. The van der Waals surface area contributed by atoms with Crippen LogP contribution in [-0.2, 0) is 16.0 Å². The molecule has 4 rings (SSSR count). The lowest BCUT2D eigenvalue weighted by molar-refractivity contribution is -0.156. The van der Waals surface area contributed by atoms with Crippen LogP contribution >= 0.6 is 0 Å². The van der Waals surface area contributed by atoms with Crippen LogP contribution in [0.3, 0.4) is 0 Å². The van der Waals surface area contributed by atoms with Crippen LogP contribution in [0.5, 0.6) is 0 Å². The molecule has 9 nitrogen and oxygen atoms in total. The van der Waals surface area contributed by atoms with Crippen molar-refractivity contribution in [2.45, 2.75) is 31.8 Å². The molecule has 1 aliphatic rings. The van der Waals surface area contributed by atoms with Crippen molar-refractivity contribution in [1.82, 2.24) is 20.2 Å². The number of nitrogens with two attached hydrogens (primary N) is 1. The molecule has 1 aliphatic heterocycles. The Morgan fingerprint density at radius 1 is 1.17 bits per heavy atom. The van der Waals surface area contributed by atoms with Crippen LogP contribution in [-0.4, -0.2) is 45.8 Å². The van der Waals surface area contributed by atoms with Crippen LogP contribution in [0.4, 0.5) is 20.7 Å². The Labute approximate surface area is 208 Å². The molecule has 0 spiro atoms. The fourth-order valence-corrected chi connectivity index (χ4v) is 4.39. The third kappa shape index (κ3) is 5.02. The Hall–Kier alpha value is -4.34. The van der Waals surface area contributed by atoms with Crippen LogP contribution in [0.15, 0.2) is 67.1 Å². The van der Waals surface area contributed by atoms with Crippen molar-refractivity contribution in [3.05, 3.63) is 84.1 Å². The first-order chi connectivity index (χ1) is 17.3. The Morgan fingerprint density at radius 2 is 1.92 bits per heavy atom. The molecule has 0 bridgehead atoms. The largest absolute Gasteiger partial charge is 0.384 e. The van der Waals surface area contributed by atoms with Gasteiger partial charge in [0.15, 0.2) is 0 Å². The molecule has 1 saturated heterocycles. The van der Waals surface area contributed by atoms with E-state index in [1.165, 1.54) is 23.2 Å². The summed E-state index contributed by atoms with van der Waals surface area (Å²) < 4.78 is 13.8. The molecule has 3 heterocycles. The van der Waals surface area contributed by atoms with E-state index in [4.69, 9.17) is 5.73 Å². The molecule has 0 radical (unpaired) electrons. The standard InChI is InChI=1S/C26H27FN6O3/c1-3-21(17-5-4-6-18(27)15-17)31-26(36)33-23(25(35)32(2)19-8-10-29-11-9-19)20(24(33)34)13-16-7-12-30-22(28)14-16/h4-12,14-15,20-21,23H,3,13H2,1-2H3,(H2,28,30)(H,31,36)/t20?,21-,23+/m1/s1. The summed E-state index contributed by atoms with van der Waals surface area (Å²) in [7, 11) is 1.58. The van der Waals surface area contributed by atoms with Crippen LogP contribution < -0.4 is 16.0 Å². The van der Waals surface area contributed by atoms with Gasteiger partial charge in [-0.05, 0) is 60.4 Å². The average Bonchev–Trinajstić information content (AvgIpc) is 2.88. The monoisotopic (exact) mass is 490 g/mol. The van der Waals surface area contributed by atoms with E-state index in [2.05, 4.69) is 15.3 Å². The number of aromatic nitrogens is 2. The van der Waals surface area contributed by atoms with E-state index in [1.807, 2.05) is 6.92 Å². The lowest BCUT2D eigenvalue weighted by Crippen LogP contribution is -2.70. The number of nitrogens with one attached hydrogen (secondary N) is 1. The summed E-state index contributed by atoms with van der Waals surface area (Å²) in [5.41, 5.74) is 7.66. The number of β-lactam (4-membered cyclic amide) rings is 1. The number of carbonyl (C=O) groups is 3. The number of pyridine rings is 2. The summed E-state index contributed by atoms with van der Waals surface area (Å²) in [5.74, 6) is -1.78. The van der Waals surface area contributed by atoms with Crippen molar-refractivity contribution in [2.24, 2.45) is 5.92 Å². The van der Waals surface area contributed by atoms with Gasteiger partial charge < -0.3 is 16.0 Å². The Kier molecular flexibility index (Phi) is 7.23. The zero-order valence-corrected chi connectivity index (χ0v) is 20.0. The maximum atomic E-state index is 13.8. The fourth-order valence-electron chi connectivity index (χ4n) is 4.39. The van der Waals surface area contributed by atoms with Crippen LogP contribution in [0.2, 0.25) is 0 Å². The highest BCUT2D eigenvalue weighted by Gasteiger charge is 2.55. The zero-order valence-electron chi connectivity index (χ0n) is 20.0. The van der Waals surface area contributed by atoms with Crippen molar-refractivity contribution in [3.8, 4) is 0 Å². The van der Waals surface area contributed by atoms with Gasteiger partial charge in [-0.1, -0.05) is 19.1 Å². The molecule has 36 heavy (non-hydrogen) atoms. The maximum Gasteiger partial charge on any atom is 0.325 e. The van der Waals surface area contributed by atoms with Gasteiger partial charge in [0, 0.05) is 31.3 Å². The summed E-state index contributed by atoms with van der Waals surface area (Å²) in [6, 6.07) is 10.3. The predicted octanol–water partition coefficient (Wildman–Crippen LogP) is 3.09. The van der Waals surface area contributed by atoms with Crippen molar-refractivity contribution < 1.29 is 18.8 Å². The second-order valence-corrected chi connectivity index (χ2v) is 8.62. The number of imide groups is 1. The van der Waals surface area contributed by atoms with Gasteiger partial charge >= 0.3 is 6.03 Å². The number of likely N-dealkylation sites (N-methyl/N-ethyl adjacent to an activating group) is 1. The molecule has 1 aromatic carbocycles. The van der Waals surface area contributed by atoms with Crippen LogP contribution in [0.1, 0.15) is 30.5 Å². The van der Waals surface area contributed by atoms with Crippen molar-refractivity contribution in [1.29, 1.82) is 0 Å². The van der Waals surface area contributed by atoms with Crippen molar-refractivity contribution >= 4 is 29.4 Å². The second-order valence-electron chi connectivity index (χ2n) is 8.62. The number of anilines is 2. The maximum absolute atomic E-state index is 13.8.